The second-order valence-electron chi connectivity index (χ2n) is 8.43. The first-order valence-electron chi connectivity index (χ1n) is 10.7. The van der Waals surface area contributed by atoms with Crippen LogP contribution in [0.3, 0.4) is 0 Å². The van der Waals surface area contributed by atoms with Crippen molar-refractivity contribution >= 4 is 28.9 Å². The van der Waals surface area contributed by atoms with Gasteiger partial charge in [-0.1, -0.05) is 27.2 Å². The summed E-state index contributed by atoms with van der Waals surface area (Å²) in [7, 11) is 0. The Morgan fingerprint density at radius 1 is 1.24 bits per heavy atom. The van der Waals surface area contributed by atoms with Crippen LogP contribution in [0.25, 0.3) is 0 Å². The van der Waals surface area contributed by atoms with Gasteiger partial charge in [0.25, 0.3) is 0 Å². The molecular formula is C22H33FN4OS. The maximum Gasteiger partial charge on any atom is 0.241 e. The minimum absolute atomic E-state index is 0.107. The molecule has 2 heterocycles. The largest absolute Gasteiger partial charge is 0.349 e. The topological polar surface area (TPSA) is 47.6 Å². The lowest BCUT2D eigenvalue weighted by Crippen LogP contribution is -2.61. The number of halogens is 1. The van der Waals surface area contributed by atoms with Crippen LogP contribution in [0.5, 0.6) is 0 Å². The highest BCUT2D eigenvalue weighted by Gasteiger charge is 2.53. The maximum atomic E-state index is 13.2. The van der Waals surface area contributed by atoms with E-state index in [0.717, 1.165) is 44.5 Å². The second kappa shape index (κ2) is 8.96. The van der Waals surface area contributed by atoms with Crippen molar-refractivity contribution in [2.75, 3.05) is 18.4 Å². The van der Waals surface area contributed by atoms with Crippen molar-refractivity contribution < 1.29 is 9.18 Å². The van der Waals surface area contributed by atoms with Crippen molar-refractivity contribution in [3.05, 3.63) is 30.1 Å². The van der Waals surface area contributed by atoms with E-state index in [0.29, 0.717) is 11.0 Å². The number of piperidine rings is 1. The van der Waals surface area contributed by atoms with Gasteiger partial charge in [0.15, 0.2) is 5.11 Å². The number of anilines is 1. The van der Waals surface area contributed by atoms with Crippen LogP contribution in [0.2, 0.25) is 0 Å². The van der Waals surface area contributed by atoms with Crippen molar-refractivity contribution in [3.8, 4) is 0 Å². The molecule has 0 aliphatic carbocycles. The van der Waals surface area contributed by atoms with Crippen LogP contribution < -0.4 is 10.6 Å². The summed E-state index contributed by atoms with van der Waals surface area (Å²) in [5, 5.41) is 7.57. The van der Waals surface area contributed by atoms with Crippen molar-refractivity contribution in [3.63, 3.8) is 0 Å². The van der Waals surface area contributed by atoms with Crippen LogP contribution in [0, 0.1) is 11.7 Å². The van der Waals surface area contributed by atoms with Crippen LogP contribution >= 0.6 is 12.2 Å². The van der Waals surface area contributed by atoms with E-state index in [2.05, 4.69) is 48.1 Å². The zero-order valence-corrected chi connectivity index (χ0v) is 18.7. The van der Waals surface area contributed by atoms with Crippen molar-refractivity contribution in [2.24, 2.45) is 5.92 Å². The van der Waals surface area contributed by atoms with E-state index in [-0.39, 0.29) is 29.5 Å². The molecule has 0 saturated carbocycles. The minimum Gasteiger partial charge on any atom is -0.349 e. The molecular weight excluding hydrogens is 387 g/mol. The van der Waals surface area contributed by atoms with Gasteiger partial charge in [0.1, 0.15) is 5.82 Å². The van der Waals surface area contributed by atoms with Crippen LogP contribution in [-0.2, 0) is 4.79 Å². The Bertz CT molecular complexity index is 733. The number of hydrogen-bond acceptors (Lipinski definition) is 3. The monoisotopic (exact) mass is 420 g/mol. The Balaban J connectivity index is 1.69. The molecule has 1 amide bonds. The Kier molecular flexibility index (Phi) is 6.79. The number of nitrogens with zero attached hydrogens (tertiary/aromatic N) is 2. The molecule has 160 valence electrons. The third kappa shape index (κ3) is 4.40. The molecule has 3 rings (SSSR count). The molecule has 0 bridgehead atoms. The van der Waals surface area contributed by atoms with Gasteiger partial charge >= 0.3 is 0 Å². The molecule has 7 heteroatoms. The smallest absolute Gasteiger partial charge is 0.241 e. The van der Waals surface area contributed by atoms with E-state index >= 15 is 0 Å². The maximum absolute atomic E-state index is 13.2. The van der Waals surface area contributed by atoms with Crippen LogP contribution in [0.4, 0.5) is 10.1 Å². The summed E-state index contributed by atoms with van der Waals surface area (Å²) in [6.45, 7) is 10.1. The van der Waals surface area contributed by atoms with Gasteiger partial charge in [-0.2, -0.15) is 0 Å². The number of amides is 1. The van der Waals surface area contributed by atoms with E-state index in [1.54, 1.807) is 12.1 Å². The van der Waals surface area contributed by atoms with Gasteiger partial charge in [0.05, 0.1) is 11.7 Å². The van der Waals surface area contributed by atoms with Gasteiger partial charge in [-0.25, -0.2) is 4.39 Å². The number of hydrogen-bond donors (Lipinski definition) is 2. The molecule has 5 nitrogen and oxygen atoms in total. The summed E-state index contributed by atoms with van der Waals surface area (Å²) in [5.41, 5.74) is 0.492. The van der Waals surface area contributed by atoms with Crippen molar-refractivity contribution in [2.45, 2.75) is 71.1 Å². The highest BCUT2D eigenvalue weighted by atomic mass is 32.1. The van der Waals surface area contributed by atoms with E-state index in [1.807, 2.05) is 0 Å². The molecule has 0 unspecified atom stereocenters. The van der Waals surface area contributed by atoms with Gasteiger partial charge in [-0.3, -0.25) is 10.1 Å². The quantitative estimate of drug-likeness (QED) is 0.706. The SMILES string of the molecule is CC[C@@H](C)N1C(=O)[C@@H]([C@@H](C)CC)NC12CCN(C(=S)Nc1ccc(F)cc1)CC2. The molecule has 2 saturated heterocycles. The lowest BCUT2D eigenvalue weighted by atomic mass is 9.94. The third-order valence-electron chi connectivity index (χ3n) is 6.61. The molecule has 3 atom stereocenters. The fourth-order valence-electron chi connectivity index (χ4n) is 4.43. The Hall–Kier alpha value is -1.73. The predicted molar refractivity (Wildman–Crippen MR) is 119 cm³/mol. The van der Waals surface area contributed by atoms with E-state index in [4.69, 9.17) is 12.2 Å². The summed E-state index contributed by atoms with van der Waals surface area (Å²) < 4.78 is 13.1. The molecule has 2 N–H and O–H groups in total. The van der Waals surface area contributed by atoms with E-state index in [1.165, 1.54) is 12.1 Å². The van der Waals surface area contributed by atoms with Crippen molar-refractivity contribution in [1.29, 1.82) is 0 Å². The lowest BCUT2D eigenvalue weighted by molar-refractivity contribution is -0.136. The summed E-state index contributed by atoms with van der Waals surface area (Å²) in [5.74, 6) is 0.293. The first-order chi connectivity index (χ1) is 13.8. The lowest BCUT2D eigenvalue weighted by Gasteiger charge is -2.47. The molecule has 2 aliphatic rings. The predicted octanol–water partition coefficient (Wildman–Crippen LogP) is 3.96. The molecule has 2 aliphatic heterocycles. The van der Waals surface area contributed by atoms with E-state index < -0.39 is 0 Å². The Labute approximate surface area is 179 Å². The molecule has 1 spiro atoms. The minimum atomic E-state index is -0.289. The number of carbonyl (C=O) groups excluding carboxylic acids is 1. The van der Waals surface area contributed by atoms with Gasteiger partial charge in [-0.05, 0) is 55.7 Å². The highest BCUT2D eigenvalue weighted by Crippen LogP contribution is 2.37. The van der Waals surface area contributed by atoms with Crippen molar-refractivity contribution in [1.82, 2.24) is 15.1 Å². The fourth-order valence-corrected chi connectivity index (χ4v) is 4.73. The average Bonchev–Trinajstić information content (AvgIpc) is 3.00. The highest BCUT2D eigenvalue weighted by molar-refractivity contribution is 7.80. The Morgan fingerprint density at radius 3 is 2.41 bits per heavy atom. The number of thiocarbonyl (C=S) groups is 1. The third-order valence-corrected chi connectivity index (χ3v) is 6.97. The Morgan fingerprint density at radius 2 is 1.86 bits per heavy atom. The van der Waals surface area contributed by atoms with Gasteiger partial charge < -0.3 is 15.1 Å². The number of carbonyl (C=O) groups is 1. The second-order valence-corrected chi connectivity index (χ2v) is 8.82. The zero-order valence-electron chi connectivity index (χ0n) is 17.9. The average molecular weight is 421 g/mol. The van der Waals surface area contributed by atoms with Crippen LogP contribution in [-0.4, -0.2) is 51.7 Å². The summed E-state index contributed by atoms with van der Waals surface area (Å²) in [6, 6.07) is 6.31. The fraction of sp³-hybridized carbons (Fsp3) is 0.636. The first kappa shape index (κ1) is 22.0. The van der Waals surface area contributed by atoms with Gasteiger partial charge in [0.2, 0.25) is 5.91 Å². The molecule has 1 aromatic carbocycles. The first-order valence-corrected chi connectivity index (χ1v) is 11.1. The normalized spacial score (nSPS) is 23.3. The summed E-state index contributed by atoms with van der Waals surface area (Å²) >= 11 is 5.58. The summed E-state index contributed by atoms with van der Waals surface area (Å²) in [6.07, 6.45) is 3.59. The molecule has 1 aromatic rings. The zero-order chi connectivity index (χ0) is 21.2. The standard InChI is InChI=1S/C22H33FN4OS/c1-5-15(3)19-20(28)27(16(4)6-2)22(25-19)11-13-26(14-12-22)21(29)24-18-9-7-17(23)8-10-18/h7-10,15-16,19,25H,5-6,11-14H2,1-4H3,(H,24,29)/t15-,16+,19+/m0/s1. The molecule has 2 fully saturated rings. The number of benzene rings is 1. The van der Waals surface area contributed by atoms with Crippen LogP contribution in [0.15, 0.2) is 24.3 Å². The number of likely N-dealkylation sites (tertiary alicyclic amines) is 1. The summed E-state index contributed by atoms with van der Waals surface area (Å²) in [4.78, 5) is 17.5. The van der Waals surface area contributed by atoms with Gasteiger partial charge in [-0.15, -0.1) is 0 Å². The van der Waals surface area contributed by atoms with Crippen LogP contribution in [0.1, 0.15) is 53.4 Å². The molecule has 0 aromatic heterocycles. The number of nitrogens with one attached hydrogen (secondary N) is 2. The number of rotatable bonds is 5. The molecule has 29 heavy (non-hydrogen) atoms. The van der Waals surface area contributed by atoms with E-state index in [9.17, 15) is 9.18 Å². The molecule has 0 radical (unpaired) electrons. The van der Waals surface area contributed by atoms with Gasteiger partial charge in [0, 0.05) is 37.7 Å².